The maximum absolute atomic E-state index is 13.3. The van der Waals surface area contributed by atoms with Gasteiger partial charge in [-0.05, 0) is 6.42 Å². The molecule has 0 bridgehead atoms. The van der Waals surface area contributed by atoms with Crippen LogP contribution in [0.4, 0.5) is 48.3 Å². The molecule has 0 heterocycles. The fraction of sp³-hybridized carbons (Fsp3) is 1.00. The normalized spacial score (nSPS) is 29.4. The summed E-state index contributed by atoms with van der Waals surface area (Å²) in [4.78, 5) is 0. The summed E-state index contributed by atoms with van der Waals surface area (Å²) in [6.07, 6.45) is -9.03. The fourth-order valence-electron chi connectivity index (χ4n) is 2.08. The van der Waals surface area contributed by atoms with Crippen molar-refractivity contribution in [3.05, 3.63) is 0 Å². The van der Waals surface area contributed by atoms with E-state index < -0.39 is 47.0 Å². The quantitative estimate of drug-likeness (QED) is 0.467. The molecule has 0 amide bonds. The van der Waals surface area contributed by atoms with E-state index in [4.69, 9.17) is 0 Å². The molecule has 0 atom stereocenters. The Labute approximate surface area is 112 Å². The number of hydrogen-bond acceptors (Lipinski definition) is 0. The molecule has 1 aliphatic carbocycles. The molecule has 1 rings (SSSR count). The summed E-state index contributed by atoms with van der Waals surface area (Å²) in [5.74, 6) is -27.1. The Morgan fingerprint density at radius 3 is 1.15 bits per heavy atom. The maximum atomic E-state index is 13.3. The van der Waals surface area contributed by atoms with E-state index in [1.165, 1.54) is 0 Å². The molecule has 120 valence electrons. The van der Waals surface area contributed by atoms with Gasteiger partial charge in [-0.3, -0.25) is 0 Å². The minimum Gasteiger partial charge on any atom is -0.198 e. The maximum Gasteiger partial charge on any atom is 0.406 e. The summed E-state index contributed by atoms with van der Waals surface area (Å²) >= 11 is 2.11. The standard InChI is InChI=1S/C8H4BrF11/c9-2-1-3(8(18,19)20)4(10,11)6(14,15)7(16,17)5(3,12)13/h1-2H2. The highest BCUT2D eigenvalue weighted by Gasteiger charge is 3.03. The van der Waals surface area contributed by atoms with Crippen LogP contribution in [-0.2, 0) is 0 Å². The monoisotopic (exact) mass is 388 g/mol. The van der Waals surface area contributed by atoms with E-state index in [-0.39, 0.29) is 0 Å². The van der Waals surface area contributed by atoms with Crippen molar-refractivity contribution >= 4 is 15.9 Å². The van der Waals surface area contributed by atoms with Crippen LogP contribution in [0.15, 0.2) is 0 Å². The number of alkyl halides is 12. The summed E-state index contributed by atoms with van der Waals surface area (Å²) in [5.41, 5.74) is -5.87. The lowest BCUT2D eigenvalue weighted by atomic mass is 9.76. The Balaban J connectivity index is 3.83. The third-order valence-electron chi connectivity index (χ3n) is 3.21. The average molecular weight is 389 g/mol. The van der Waals surface area contributed by atoms with Crippen molar-refractivity contribution < 1.29 is 48.3 Å². The van der Waals surface area contributed by atoms with Crippen LogP contribution >= 0.6 is 15.9 Å². The van der Waals surface area contributed by atoms with Gasteiger partial charge in [0.2, 0.25) is 5.41 Å². The van der Waals surface area contributed by atoms with Crippen LogP contribution in [0.5, 0.6) is 0 Å². The second-order valence-corrected chi connectivity index (χ2v) is 4.93. The summed E-state index contributed by atoms with van der Waals surface area (Å²) in [6.45, 7) is 0. The van der Waals surface area contributed by atoms with Crippen LogP contribution in [0.1, 0.15) is 6.42 Å². The second kappa shape index (κ2) is 4.13. The van der Waals surface area contributed by atoms with Gasteiger partial charge >= 0.3 is 29.9 Å². The van der Waals surface area contributed by atoms with Crippen molar-refractivity contribution in [3.8, 4) is 0 Å². The molecule has 0 aliphatic heterocycles. The first-order chi connectivity index (χ1) is 8.56. The van der Waals surface area contributed by atoms with Crippen LogP contribution in [0.2, 0.25) is 0 Å². The first-order valence-electron chi connectivity index (χ1n) is 4.70. The molecule has 20 heavy (non-hydrogen) atoms. The lowest BCUT2D eigenvalue weighted by Crippen LogP contribution is -2.60. The Morgan fingerprint density at radius 2 is 0.950 bits per heavy atom. The zero-order chi connectivity index (χ0) is 16.4. The third-order valence-corrected chi connectivity index (χ3v) is 3.60. The van der Waals surface area contributed by atoms with Gasteiger partial charge in [0, 0.05) is 5.33 Å². The van der Waals surface area contributed by atoms with E-state index in [0.29, 0.717) is 0 Å². The first kappa shape index (κ1) is 17.8. The SMILES string of the molecule is FC(F)(F)C1(CCBr)C(F)(F)C(F)(F)C(F)(F)C1(F)F. The fourth-order valence-corrected chi connectivity index (χ4v) is 2.68. The van der Waals surface area contributed by atoms with E-state index in [9.17, 15) is 48.3 Å². The summed E-state index contributed by atoms with van der Waals surface area (Å²) in [6, 6.07) is 0. The molecule has 1 saturated carbocycles. The Hall–Kier alpha value is -0.290. The molecule has 1 fully saturated rings. The van der Waals surface area contributed by atoms with Gasteiger partial charge in [-0.1, -0.05) is 15.9 Å². The van der Waals surface area contributed by atoms with Crippen LogP contribution < -0.4 is 0 Å². The molecule has 0 nitrogen and oxygen atoms in total. The van der Waals surface area contributed by atoms with Gasteiger partial charge in [-0.2, -0.15) is 48.3 Å². The number of halogens is 12. The highest BCUT2D eigenvalue weighted by atomic mass is 79.9. The van der Waals surface area contributed by atoms with Gasteiger partial charge in [-0.15, -0.1) is 0 Å². The van der Waals surface area contributed by atoms with Gasteiger partial charge in [0.05, 0.1) is 0 Å². The smallest absolute Gasteiger partial charge is 0.198 e. The van der Waals surface area contributed by atoms with E-state index in [0.717, 1.165) is 0 Å². The lowest BCUT2D eigenvalue weighted by Gasteiger charge is -2.39. The number of hydrogen-bond donors (Lipinski definition) is 0. The molecule has 0 unspecified atom stereocenters. The van der Waals surface area contributed by atoms with E-state index in [2.05, 4.69) is 15.9 Å². The van der Waals surface area contributed by atoms with Gasteiger partial charge < -0.3 is 0 Å². The minimum absolute atomic E-state index is 1.26. The van der Waals surface area contributed by atoms with E-state index in [1.807, 2.05) is 0 Å². The van der Waals surface area contributed by atoms with Gasteiger partial charge in [0.15, 0.2) is 0 Å². The molecular weight excluding hydrogens is 385 g/mol. The van der Waals surface area contributed by atoms with Crippen LogP contribution in [0.3, 0.4) is 0 Å². The van der Waals surface area contributed by atoms with Crippen molar-refractivity contribution in [2.75, 3.05) is 5.33 Å². The molecule has 0 aromatic heterocycles. The van der Waals surface area contributed by atoms with Gasteiger partial charge in [-0.25, -0.2) is 0 Å². The average Bonchev–Trinajstić information content (AvgIpc) is 2.26. The minimum atomic E-state index is -6.85. The molecular formula is C8H4BrF11. The summed E-state index contributed by atoms with van der Waals surface area (Å²) < 4.78 is 142. The predicted octanol–water partition coefficient (Wildman–Crippen LogP) is 4.87. The van der Waals surface area contributed by atoms with Crippen molar-refractivity contribution in [1.82, 2.24) is 0 Å². The zero-order valence-corrected chi connectivity index (χ0v) is 10.5. The van der Waals surface area contributed by atoms with Gasteiger partial charge in [0.25, 0.3) is 0 Å². The number of rotatable bonds is 2. The van der Waals surface area contributed by atoms with Crippen LogP contribution in [0.25, 0.3) is 0 Å². The summed E-state index contributed by atoms with van der Waals surface area (Å²) in [7, 11) is 0. The zero-order valence-electron chi connectivity index (χ0n) is 8.95. The molecule has 0 radical (unpaired) electrons. The van der Waals surface area contributed by atoms with Crippen LogP contribution in [-0.4, -0.2) is 35.2 Å². The highest BCUT2D eigenvalue weighted by molar-refractivity contribution is 9.09. The molecule has 0 spiro atoms. The van der Waals surface area contributed by atoms with Crippen molar-refractivity contribution in [2.45, 2.75) is 36.3 Å². The first-order valence-corrected chi connectivity index (χ1v) is 5.82. The van der Waals surface area contributed by atoms with Gasteiger partial charge in [0.1, 0.15) is 0 Å². The Bertz CT molecular complexity index is 370. The van der Waals surface area contributed by atoms with Crippen molar-refractivity contribution in [3.63, 3.8) is 0 Å². The third kappa shape index (κ3) is 1.48. The molecule has 0 aromatic rings. The highest BCUT2D eigenvalue weighted by Crippen LogP contribution is 2.76. The summed E-state index contributed by atoms with van der Waals surface area (Å²) in [5, 5.41) is -1.26. The molecule has 0 saturated heterocycles. The van der Waals surface area contributed by atoms with E-state index in [1.54, 1.807) is 0 Å². The Morgan fingerprint density at radius 1 is 0.650 bits per heavy atom. The van der Waals surface area contributed by atoms with Crippen molar-refractivity contribution in [2.24, 2.45) is 5.41 Å². The lowest BCUT2D eigenvalue weighted by molar-refractivity contribution is -0.362. The topological polar surface area (TPSA) is 0 Å². The van der Waals surface area contributed by atoms with Crippen LogP contribution in [0, 0.1) is 5.41 Å². The largest absolute Gasteiger partial charge is 0.406 e. The van der Waals surface area contributed by atoms with Crippen molar-refractivity contribution in [1.29, 1.82) is 0 Å². The van der Waals surface area contributed by atoms with E-state index >= 15 is 0 Å². The molecule has 12 heteroatoms. The second-order valence-electron chi connectivity index (χ2n) is 4.14. The molecule has 1 aliphatic rings. The Kier molecular flexibility index (Phi) is 3.66. The molecule has 0 aromatic carbocycles. The predicted molar refractivity (Wildman–Crippen MR) is 46.7 cm³/mol. The molecule has 0 N–H and O–H groups in total.